The third-order valence-electron chi connectivity index (χ3n) is 1.83. The maximum Gasteiger partial charge on any atom is 0.265 e. The Morgan fingerprint density at radius 3 is 2.43 bits per heavy atom. The molecule has 0 aliphatic rings. The van der Waals surface area contributed by atoms with Crippen molar-refractivity contribution >= 4 is 11.5 Å². The van der Waals surface area contributed by atoms with Gasteiger partial charge in [-0.1, -0.05) is 6.07 Å². The fraction of sp³-hybridized carbons (Fsp3) is 0.222. The molecular formula is C9H8F3NO. The normalized spacial score (nSPS) is 10.6. The van der Waals surface area contributed by atoms with Crippen molar-refractivity contribution in [2.24, 2.45) is 0 Å². The van der Waals surface area contributed by atoms with Gasteiger partial charge in [0.1, 0.15) is 0 Å². The average Bonchev–Trinajstić information content (AvgIpc) is 2.08. The first-order chi connectivity index (χ1) is 6.45. The quantitative estimate of drug-likeness (QED) is 0.592. The number of rotatable bonds is 2. The lowest BCUT2D eigenvalue weighted by atomic mass is 10.1. The number of nitrogens with two attached hydrogens (primary N) is 1. The van der Waals surface area contributed by atoms with Crippen LogP contribution in [0.4, 0.5) is 18.9 Å². The second kappa shape index (κ2) is 3.69. The first kappa shape index (κ1) is 10.6. The number of benzene rings is 1. The van der Waals surface area contributed by atoms with Crippen LogP contribution in [-0.2, 0) is 0 Å². The van der Waals surface area contributed by atoms with Gasteiger partial charge in [0.2, 0.25) is 0 Å². The number of hydrogen-bond donors (Lipinski definition) is 1. The van der Waals surface area contributed by atoms with E-state index in [0.717, 1.165) is 19.1 Å². The van der Waals surface area contributed by atoms with Crippen molar-refractivity contribution in [2.75, 3.05) is 5.73 Å². The summed E-state index contributed by atoms with van der Waals surface area (Å²) >= 11 is 0. The summed E-state index contributed by atoms with van der Waals surface area (Å²) in [5.41, 5.74) is 3.59. The molecule has 1 rings (SSSR count). The van der Waals surface area contributed by atoms with E-state index in [-0.39, 0.29) is 5.56 Å². The van der Waals surface area contributed by atoms with Gasteiger partial charge in [0.25, 0.3) is 6.43 Å². The predicted octanol–water partition coefficient (Wildman–Crippen LogP) is 2.55. The molecule has 2 N–H and O–H groups in total. The molecule has 0 spiro atoms. The standard InChI is InChI=1S/C9H8F3NO/c1-4(14)5-2-3-6(9(11)12)8(13)7(5)10/h2-3,9H,13H2,1H3. The Hall–Kier alpha value is -1.52. The summed E-state index contributed by atoms with van der Waals surface area (Å²) in [6, 6.07) is 1.97. The molecule has 0 atom stereocenters. The molecule has 0 aliphatic heterocycles. The molecule has 0 radical (unpaired) electrons. The van der Waals surface area contributed by atoms with Crippen molar-refractivity contribution < 1.29 is 18.0 Å². The topological polar surface area (TPSA) is 43.1 Å². The van der Waals surface area contributed by atoms with Gasteiger partial charge in [-0.3, -0.25) is 4.79 Å². The molecule has 76 valence electrons. The molecule has 0 amide bonds. The van der Waals surface area contributed by atoms with Crippen molar-refractivity contribution in [1.82, 2.24) is 0 Å². The third-order valence-corrected chi connectivity index (χ3v) is 1.83. The molecule has 0 saturated carbocycles. The minimum atomic E-state index is -2.84. The van der Waals surface area contributed by atoms with Gasteiger partial charge in [-0.2, -0.15) is 0 Å². The molecule has 0 aromatic heterocycles. The zero-order valence-electron chi connectivity index (χ0n) is 7.35. The number of nitrogen functional groups attached to an aromatic ring is 1. The molecule has 0 heterocycles. The van der Waals surface area contributed by atoms with Crippen LogP contribution in [0.5, 0.6) is 0 Å². The summed E-state index contributed by atoms with van der Waals surface area (Å²) in [6.45, 7) is 1.14. The van der Waals surface area contributed by atoms with E-state index in [1.54, 1.807) is 0 Å². The van der Waals surface area contributed by atoms with Crippen LogP contribution in [0, 0.1) is 5.82 Å². The summed E-state index contributed by atoms with van der Waals surface area (Å²) in [7, 11) is 0. The molecule has 0 bridgehead atoms. The van der Waals surface area contributed by atoms with E-state index in [0.29, 0.717) is 0 Å². The van der Waals surface area contributed by atoms with E-state index >= 15 is 0 Å². The summed E-state index contributed by atoms with van der Waals surface area (Å²) in [5, 5.41) is 0. The molecule has 1 aromatic carbocycles. The Kier molecular flexibility index (Phi) is 2.78. The molecule has 5 heteroatoms. The van der Waals surface area contributed by atoms with Crippen LogP contribution < -0.4 is 5.73 Å². The second-order valence-electron chi connectivity index (χ2n) is 2.79. The van der Waals surface area contributed by atoms with Crippen molar-refractivity contribution in [3.63, 3.8) is 0 Å². The Labute approximate surface area is 78.5 Å². The highest BCUT2D eigenvalue weighted by Crippen LogP contribution is 2.28. The minimum Gasteiger partial charge on any atom is -0.396 e. The number of halogens is 3. The van der Waals surface area contributed by atoms with Gasteiger partial charge < -0.3 is 5.73 Å². The van der Waals surface area contributed by atoms with Crippen LogP contribution in [0.3, 0.4) is 0 Å². The lowest BCUT2D eigenvalue weighted by Gasteiger charge is -2.07. The molecule has 14 heavy (non-hydrogen) atoms. The fourth-order valence-electron chi connectivity index (χ4n) is 1.07. The minimum absolute atomic E-state index is 0.271. The van der Waals surface area contributed by atoms with Gasteiger partial charge in [-0.15, -0.1) is 0 Å². The summed E-state index contributed by atoms with van der Waals surface area (Å²) < 4.78 is 37.6. The summed E-state index contributed by atoms with van der Waals surface area (Å²) in [5.74, 6) is -1.62. The molecule has 0 fully saturated rings. The monoisotopic (exact) mass is 203 g/mol. The van der Waals surface area contributed by atoms with Crippen molar-refractivity contribution in [3.05, 3.63) is 29.1 Å². The average molecular weight is 203 g/mol. The number of ketones is 1. The van der Waals surface area contributed by atoms with Crippen LogP contribution in [0.15, 0.2) is 12.1 Å². The van der Waals surface area contributed by atoms with E-state index < -0.39 is 29.3 Å². The fourth-order valence-corrected chi connectivity index (χ4v) is 1.07. The van der Waals surface area contributed by atoms with E-state index in [1.807, 2.05) is 0 Å². The number of Topliss-reactive ketones (excluding diaryl/α,β-unsaturated/α-hetero) is 1. The van der Waals surface area contributed by atoms with Gasteiger partial charge in [0.05, 0.1) is 11.3 Å². The smallest absolute Gasteiger partial charge is 0.265 e. The first-order valence-electron chi connectivity index (χ1n) is 3.82. The molecular weight excluding hydrogens is 195 g/mol. The van der Waals surface area contributed by atoms with E-state index in [2.05, 4.69) is 0 Å². The molecule has 1 aromatic rings. The van der Waals surface area contributed by atoms with Gasteiger partial charge in [0, 0.05) is 5.56 Å². The lowest BCUT2D eigenvalue weighted by Crippen LogP contribution is -2.05. The van der Waals surface area contributed by atoms with Crippen molar-refractivity contribution in [2.45, 2.75) is 13.3 Å². The first-order valence-corrected chi connectivity index (χ1v) is 3.82. The van der Waals surface area contributed by atoms with Crippen LogP contribution >= 0.6 is 0 Å². The molecule has 0 unspecified atom stereocenters. The van der Waals surface area contributed by atoms with Gasteiger partial charge in [-0.05, 0) is 13.0 Å². The van der Waals surface area contributed by atoms with Crippen LogP contribution in [-0.4, -0.2) is 5.78 Å². The number of anilines is 1. The number of carbonyl (C=O) groups is 1. The van der Waals surface area contributed by atoms with E-state index in [1.165, 1.54) is 0 Å². The van der Waals surface area contributed by atoms with Crippen molar-refractivity contribution in [1.29, 1.82) is 0 Å². The summed E-state index contributed by atoms with van der Waals surface area (Å²) in [4.78, 5) is 10.8. The highest BCUT2D eigenvalue weighted by atomic mass is 19.3. The zero-order chi connectivity index (χ0) is 10.9. The largest absolute Gasteiger partial charge is 0.396 e. The van der Waals surface area contributed by atoms with Crippen molar-refractivity contribution in [3.8, 4) is 0 Å². The summed E-state index contributed by atoms with van der Waals surface area (Å²) in [6.07, 6.45) is -2.84. The number of hydrogen-bond acceptors (Lipinski definition) is 2. The Morgan fingerprint density at radius 2 is 2.00 bits per heavy atom. The Balaban J connectivity index is 3.33. The van der Waals surface area contributed by atoms with E-state index in [4.69, 9.17) is 5.73 Å². The molecule has 0 saturated heterocycles. The second-order valence-corrected chi connectivity index (χ2v) is 2.79. The Bertz CT molecular complexity index is 377. The third kappa shape index (κ3) is 1.71. The highest BCUT2D eigenvalue weighted by Gasteiger charge is 2.18. The Morgan fingerprint density at radius 1 is 1.43 bits per heavy atom. The molecule has 0 aliphatic carbocycles. The van der Waals surface area contributed by atoms with E-state index in [9.17, 15) is 18.0 Å². The van der Waals surface area contributed by atoms with Gasteiger partial charge in [-0.25, -0.2) is 13.2 Å². The maximum absolute atomic E-state index is 13.2. The highest BCUT2D eigenvalue weighted by molar-refractivity contribution is 5.95. The van der Waals surface area contributed by atoms with Gasteiger partial charge >= 0.3 is 0 Å². The molecule has 2 nitrogen and oxygen atoms in total. The number of carbonyl (C=O) groups excluding carboxylic acids is 1. The van der Waals surface area contributed by atoms with Crippen LogP contribution in [0.2, 0.25) is 0 Å². The van der Waals surface area contributed by atoms with Gasteiger partial charge in [0.15, 0.2) is 11.6 Å². The SMILES string of the molecule is CC(=O)c1ccc(C(F)F)c(N)c1F. The van der Waals surface area contributed by atoms with Crippen LogP contribution in [0.25, 0.3) is 0 Å². The zero-order valence-corrected chi connectivity index (χ0v) is 7.35. The number of alkyl halides is 2. The lowest BCUT2D eigenvalue weighted by molar-refractivity contribution is 0.101. The van der Waals surface area contributed by atoms with Crippen LogP contribution in [0.1, 0.15) is 29.3 Å². The maximum atomic E-state index is 13.2. The predicted molar refractivity (Wildman–Crippen MR) is 45.8 cm³/mol.